The van der Waals surface area contributed by atoms with E-state index in [2.05, 4.69) is 27.7 Å². The van der Waals surface area contributed by atoms with E-state index < -0.39 is 23.9 Å². The number of hydrogen-bond acceptors (Lipinski definition) is 8. The van der Waals surface area contributed by atoms with Gasteiger partial charge in [-0.3, -0.25) is 0 Å². The number of unbranched alkanes of at least 4 members (excludes halogenated alkanes) is 40. The summed E-state index contributed by atoms with van der Waals surface area (Å²) in [6.45, 7) is 9.78. The van der Waals surface area contributed by atoms with Crippen LogP contribution >= 0.6 is 0 Å². The Hall–Kier alpha value is -2.90. The molecule has 0 saturated carbocycles. The third-order valence-corrected chi connectivity index (χ3v) is 14.0. The lowest BCUT2D eigenvalue weighted by Gasteiger charge is -2.15. The second-order valence-corrected chi connectivity index (χ2v) is 20.6. The SMILES string of the molecule is CCCCCCCCCCCCCOC(=O)c1cc(C(=O)OCCCCCCCCCCCCC)c(C(=O)OCCCCCCCCCCCCC)cc1C(=O)OCCCCCCCCCCCCC. The monoisotopic (exact) mass is 983 g/mol. The molecule has 1 aromatic rings. The Balaban J connectivity index is 3.04. The molecule has 0 aromatic heterocycles. The van der Waals surface area contributed by atoms with Gasteiger partial charge in [0.1, 0.15) is 0 Å². The molecule has 0 aliphatic rings. The minimum atomic E-state index is -0.714. The van der Waals surface area contributed by atoms with E-state index in [0.717, 1.165) is 77.0 Å². The van der Waals surface area contributed by atoms with Crippen molar-refractivity contribution in [3.8, 4) is 0 Å². The van der Waals surface area contributed by atoms with Gasteiger partial charge in [0.15, 0.2) is 0 Å². The summed E-state index contributed by atoms with van der Waals surface area (Å²) in [4.78, 5) is 55.4. The molecule has 0 atom stereocenters. The molecule has 406 valence electrons. The lowest BCUT2D eigenvalue weighted by molar-refractivity contribution is 0.0434. The third kappa shape index (κ3) is 36.9. The molecular formula is C62H110O8. The van der Waals surface area contributed by atoms with Crippen LogP contribution < -0.4 is 0 Å². The van der Waals surface area contributed by atoms with Crippen LogP contribution in [0.2, 0.25) is 0 Å². The van der Waals surface area contributed by atoms with Crippen molar-refractivity contribution < 1.29 is 38.1 Å². The largest absolute Gasteiger partial charge is 0.462 e. The van der Waals surface area contributed by atoms with Gasteiger partial charge in [-0.05, 0) is 37.8 Å². The fraction of sp³-hybridized carbons (Fsp3) is 0.839. The van der Waals surface area contributed by atoms with Crippen molar-refractivity contribution in [1.29, 1.82) is 0 Å². The van der Waals surface area contributed by atoms with Crippen LogP contribution in [0.25, 0.3) is 0 Å². The maximum absolute atomic E-state index is 13.9. The van der Waals surface area contributed by atoms with Crippen LogP contribution in [0.1, 0.15) is 352 Å². The molecule has 0 heterocycles. The molecule has 0 spiro atoms. The highest BCUT2D eigenvalue weighted by Crippen LogP contribution is 2.24. The Bertz CT molecular complexity index is 1190. The first kappa shape index (κ1) is 65.1. The summed E-state index contributed by atoms with van der Waals surface area (Å²) < 4.78 is 23.1. The molecule has 8 heteroatoms. The van der Waals surface area contributed by atoms with E-state index in [1.54, 1.807) is 0 Å². The molecule has 70 heavy (non-hydrogen) atoms. The van der Waals surface area contributed by atoms with E-state index in [1.165, 1.54) is 192 Å². The molecule has 1 aromatic carbocycles. The first-order chi connectivity index (χ1) is 34.4. The summed E-state index contributed by atoms with van der Waals surface area (Å²) in [5.74, 6) is -2.86. The van der Waals surface area contributed by atoms with E-state index in [9.17, 15) is 19.2 Å². The first-order valence-electron chi connectivity index (χ1n) is 30.3. The zero-order valence-corrected chi connectivity index (χ0v) is 46.4. The molecule has 0 unspecified atom stereocenters. The number of carbonyl (C=O) groups excluding carboxylic acids is 4. The zero-order chi connectivity index (χ0) is 50.8. The second kappa shape index (κ2) is 49.7. The molecule has 8 nitrogen and oxygen atoms in total. The van der Waals surface area contributed by atoms with Gasteiger partial charge < -0.3 is 18.9 Å². The summed E-state index contributed by atoms with van der Waals surface area (Å²) in [5, 5.41) is 0. The Kier molecular flexibility index (Phi) is 46.2. The van der Waals surface area contributed by atoms with Gasteiger partial charge >= 0.3 is 23.9 Å². The minimum absolute atomic E-state index is 0.0874. The third-order valence-electron chi connectivity index (χ3n) is 14.0. The smallest absolute Gasteiger partial charge is 0.339 e. The van der Waals surface area contributed by atoms with Crippen molar-refractivity contribution in [2.24, 2.45) is 0 Å². The van der Waals surface area contributed by atoms with Crippen LogP contribution in [0.15, 0.2) is 12.1 Å². The number of rotatable bonds is 52. The Morgan fingerprint density at radius 3 is 0.500 bits per heavy atom. The maximum atomic E-state index is 13.9. The fourth-order valence-electron chi connectivity index (χ4n) is 9.31. The van der Waals surface area contributed by atoms with Gasteiger partial charge in [-0.2, -0.15) is 0 Å². The van der Waals surface area contributed by atoms with Crippen molar-refractivity contribution in [2.75, 3.05) is 26.4 Å². The van der Waals surface area contributed by atoms with Gasteiger partial charge in [-0.1, -0.05) is 285 Å². The highest BCUT2D eigenvalue weighted by Gasteiger charge is 2.29. The number of carbonyl (C=O) groups is 4. The van der Waals surface area contributed by atoms with E-state index in [-0.39, 0.29) is 48.7 Å². The molecular weight excluding hydrogens is 873 g/mol. The van der Waals surface area contributed by atoms with E-state index in [0.29, 0.717) is 25.7 Å². The topological polar surface area (TPSA) is 105 Å². The Morgan fingerprint density at radius 2 is 0.357 bits per heavy atom. The molecule has 0 fully saturated rings. The minimum Gasteiger partial charge on any atom is -0.462 e. The first-order valence-corrected chi connectivity index (χ1v) is 30.3. The average Bonchev–Trinajstić information content (AvgIpc) is 3.36. The quantitative estimate of drug-likeness (QED) is 0.0361. The van der Waals surface area contributed by atoms with Crippen LogP contribution in [-0.4, -0.2) is 50.3 Å². The van der Waals surface area contributed by atoms with Gasteiger partial charge in [0, 0.05) is 0 Å². The molecule has 0 amide bonds. The Morgan fingerprint density at radius 1 is 0.229 bits per heavy atom. The van der Waals surface area contributed by atoms with Crippen LogP contribution in [0.3, 0.4) is 0 Å². The molecule has 0 N–H and O–H groups in total. The summed E-state index contributed by atoms with van der Waals surface area (Å²) >= 11 is 0. The summed E-state index contributed by atoms with van der Waals surface area (Å²) in [6.07, 6.45) is 51.7. The van der Waals surface area contributed by atoms with Crippen molar-refractivity contribution in [2.45, 2.75) is 310 Å². The van der Waals surface area contributed by atoms with Crippen molar-refractivity contribution in [3.05, 3.63) is 34.4 Å². The molecule has 1 rings (SSSR count). The van der Waals surface area contributed by atoms with E-state index >= 15 is 0 Å². The van der Waals surface area contributed by atoms with Crippen molar-refractivity contribution >= 4 is 23.9 Å². The lowest BCUT2D eigenvalue weighted by Crippen LogP contribution is -2.21. The number of ether oxygens (including phenoxy) is 4. The highest BCUT2D eigenvalue weighted by molar-refractivity contribution is 6.10. The molecule has 0 saturated heterocycles. The van der Waals surface area contributed by atoms with E-state index in [1.807, 2.05) is 0 Å². The lowest BCUT2D eigenvalue weighted by atomic mass is 9.97. The molecule has 0 aliphatic heterocycles. The van der Waals surface area contributed by atoms with Crippen LogP contribution in [-0.2, 0) is 18.9 Å². The Labute approximate surface area is 431 Å². The van der Waals surface area contributed by atoms with Crippen molar-refractivity contribution in [1.82, 2.24) is 0 Å². The highest BCUT2D eigenvalue weighted by atomic mass is 16.5. The predicted molar refractivity (Wildman–Crippen MR) is 293 cm³/mol. The maximum Gasteiger partial charge on any atom is 0.339 e. The van der Waals surface area contributed by atoms with Crippen LogP contribution in [0, 0.1) is 0 Å². The van der Waals surface area contributed by atoms with Crippen LogP contribution in [0.4, 0.5) is 0 Å². The second-order valence-electron chi connectivity index (χ2n) is 20.6. The summed E-state index contributed by atoms with van der Waals surface area (Å²) in [5.41, 5.74) is -0.350. The summed E-state index contributed by atoms with van der Waals surface area (Å²) in [6, 6.07) is 2.62. The van der Waals surface area contributed by atoms with Gasteiger partial charge in [0.25, 0.3) is 0 Å². The number of esters is 4. The van der Waals surface area contributed by atoms with Gasteiger partial charge in [-0.25, -0.2) is 19.2 Å². The standard InChI is InChI=1S/C62H110O8/c1-5-9-13-17-21-25-29-33-37-41-45-49-67-59(63)55-53-57(61(65)69-51-47-43-39-35-31-27-23-19-15-11-7-3)58(62(66)70-52-48-44-40-36-32-28-24-20-16-12-8-4)54-56(55)60(64)68-50-46-42-38-34-30-26-22-18-14-10-6-2/h53-54H,5-52H2,1-4H3. The van der Waals surface area contributed by atoms with Gasteiger partial charge in [0.05, 0.1) is 48.7 Å². The summed E-state index contributed by atoms with van der Waals surface area (Å²) in [7, 11) is 0. The molecule has 0 aliphatic carbocycles. The van der Waals surface area contributed by atoms with Crippen molar-refractivity contribution in [3.63, 3.8) is 0 Å². The zero-order valence-electron chi connectivity index (χ0n) is 46.4. The molecule has 0 bridgehead atoms. The van der Waals surface area contributed by atoms with Crippen LogP contribution in [0.5, 0.6) is 0 Å². The number of benzene rings is 1. The average molecular weight is 984 g/mol. The predicted octanol–water partition coefficient (Wildman–Crippen LogP) is 19.6. The normalized spacial score (nSPS) is 11.3. The number of hydrogen-bond donors (Lipinski definition) is 0. The van der Waals surface area contributed by atoms with E-state index in [4.69, 9.17) is 18.9 Å². The van der Waals surface area contributed by atoms with Gasteiger partial charge in [0.2, 0.25) is 0 Å². The van der Waals surface area contributed by atoms with Gasteiger partial charge in [-0.15, -0.1) is 0 Å². The molecule has 0 radical (unpaired) electrons. The fourth-order valence-corrected chi connectivity index (χ4v) is 9.31.